The lowest BCUT2D eigenvalue weighted by Gasteiger charge is -2.40. The Hall–Kier alpha value is -3.10. The van der Waals surface area contributed by atoms with Crippen LogP contribution >= 0.6 is 0 Å². The molecule has 1 amide bonds. The minimum atomic E-state index is 0.0669. The van der Waals surface area contributed by atoms with Crippen LogP contribution in [0.5, 0.6) is 5.75 Å². The maximum Gasteiger partial charge on any atom is 0.253 e. The number of aromatic nitrogens is 2. The molecule has 1 aromatic carbocycles. The van der Waals surface area contributed by atoms with Crippen LogP contribution in [0.3, 0.4) is 0 Å². The van der Waals surface area contributed by atoms with Crippen LogP contribution in [0.4, 0.5) is 5.69 Å². The van der Waals surface area contributed by atoms with E-state index in [0.717, 1.165) is 92.2 Å². The van der Waals surface area contributed by atoms with Crippen molar-refractivity contribution < 1.29 is 14.3 Å². The number of carbonyl (C=O) groups excluding carboxylic acids is 1. The van der Waals surface area contributed by atoms with Crippen LogP contribution in [0, 0.1) is 6.92 Å². The molecular weight excluding hydrogens is 442 g/mol. The van der Waals surface area contributed by atoms with Gasteiger partial charge in [-0.05, 0) is 50.5 Å². The van der Waals surface area contributed by atoms with Gasteiger partial charge in [-0.1, -0.05) is 0 Å². The van der Waals surface area contributed by atoms with Gasteiger partial charge in [-0.25, -0.2) is 4.98 Å². The molecule has 0 radical (unpaired) electrons. The monoisotopic (exact) mass is 477 g/mol. The standard InChI is InChI=1S/C27H35N5O3/c1-4-28-25-22(17-30-26-24(25)18(2)16-29-26)21-6-5-19(15-23(21)34-3)27(33)32-9-7-20(8-10-32)31-11-13-35-14-12-31/h5-6,15-17,20H,4,7-14H2,1-3H3,(H2,28,29,30). The van der Waals surface area contributed by atoms with E-state index in [0.29, 0.717) is 17.4 Å². The molecule has 3 aromatic rings. The van der Waals surface area contributed by atoms with Gasteiger partial charge < -0.3 is 24.7 Å². The van der Waals surface area contributed by atoms with Crippen molar-refractivity contribution in [3.05, 3.63) is 41.7 Å². The highest BCUT2D eigenvalue weighted by Gasteiger charge is 2.29. The van der Waals surface area contributed by atoms with Crippen LogP contribution in [0.1, 0.15) is 35.7 Å². The van der Waals surface area contributed by atoms with Gasteiger partial charge >= 0.3 is 0 Å². The van der Waals surface area contributed by atoms with Gasteiger partial charge in [0.15, 0.2) is 0 Å². The van der Waals surface area contributed by atoms with Crippen LogP contribution in [0.15, 0.2) is 30.6 Å². The zero-order chi connectivity index (χ0) is 24.4. The van der Waals surface area contributed by atoms with Crippen molar-refractivity contribution in [2.24, 2.45) is 0 Å². The number of amides is 1. The molecule has 8 heteroatoms. The predicted octanol–water partition coefficient (Wildman–Crippen LogP) is 3.92. The third kappa shape index (κ3) is 4.60. The number of nitrogens with zero attached hydrogens (tertiary/aromatic N) is 3. The highest BCUT2D eigenvalue weighted by Crippen LogP contribution is 2.40. The number of rotatable bonds is 6. The zero-order valence-electron chi connectivity index (χ0n) is 20.9. The topological polar surface area (TPSA) is 82.7 Å². The molecule has 5 rings (SSSR count). The summed E-state index contributed by atoms with van der Waals surface area (Å²) in [5, 5.41) is 4.59. The van der Waals surface area contributed by atoms with Crippen molar-refractivity contribution >= 4 is 22.6 Å². The van der Waals surface area contributed by atoms with Crippen molar-refractivity contribution in [1.29, 1.82) is 0 Å². The summed E-state index contributed by atoms with van der Waals surface area (Å²) in [5.74, 6) is 0.741. The number of piperidine rings is 1. The first-order valence-electron chi connectivity index (χ1n) is 12.6. The zero-order valence-corrected chi connectivity index (χ0v) is 20.9. The van der Waals surface area contributed by atoms with Crippen molar-refractivity contribution in [1.82, 2.24) is 19.8 Å². The smallest absolute Gasteiger partial charge is 0.253 e. The molecule has 2 aliphatic rings. The van der Waals surface area contributed by atoms with E-state index in [2.05, 4.69) is 34.0 Å². The summed E-state index contributed by atoms with van der Waals surface area (Å²) in [7, 11) is 1.65. The van der Waals surface area contributed by atoms with E-state index in [-0.39, 0.29) is 5.91 Å². The molecule has 4 heterocycles. The second-order valence-corrected chi connectivity index (χ2v) is 9.36. The van der Waals surface area contributed by atoms with Gasteiger partial charge in [0.05, 0.1) is 26.0 Å². The first-order valence-corrected chi connectivity index (χ1v) is 12.6. The Labute approximate surface area is 206 Å². The first kappa shape index (κ1) is 23.6. The fourth-order valence-electron chi connectivity index (χ4n) is 5.42. The van der Waals surface area contributed by atoms with E-state index < -0.39 is 0 Å². The van der Waals surface area contributed by atoms with Gasteiger partial charge in [-0.2, -0.15) is 0 Å². The number of morpholine rings is 1. The summed E-state index contributed by atoms with van der Waals surface area (Å²) in [5.41, 5.74) is 5.56. The number of carbonyl (C=O) groups is 1. The van der Waals surface area contributed by atoms with Gasteiger partial charge in [0, 0.05) is 73.2 Å². The minimum Gasteiger partial charge on any atom is -0.496 e. The van der Waals surface area contributed by atoms with Gasteiger partial charge in [0.2, 0.25) is 0 Å². The largest absolute Gasteiger partial charge is 0.496 e. The minimum absolute atomic E-state index is 0.0669. The summed E-state index contributed by atoms with van der Waals surface area (Å²) < 4.78 is 11.3. The van der Waals surface area contributed by atoms with E-state index in [1.807, 2.05) is 35.5 Å². The van der Waals surface area contributed by atoms with Crippen molar-refractivity contribution in [3.8, 4) is 16.9 Å². The number of ether oxygens (including phenoxy) is 2. The highest BCUT2D eigenvalue weighted by molar-refractivity contribution is 6.02. The molecular formula is C27H35N5O3. The summed E-state index contributed by atoms with van der Waals surface area (Å²) in [4.78, 5) is 25.7. The molecule has 0 spiro atoms. The molecule has 2 aromatic heterocycles. The number of aryl methyl sites for hydroxylation is 1. The van der Waals surface area contributed by atoms with E-state index in [1.165, 1.54) is 0 Å². The number of anilines is 1. The van der Waals surface area contributed by atoms with Gasteiger partial charge in [-0.3, -0.25) is 9.69 Å². The van der Waals surface area contributed by atoms with Crippen LogP contribution in [0.2, 0.25) is 0 Å². The van der Waals surface area contributed by atoms with Crippen LogP contribution in [0.25, 0.3) is 22.2 Å². The van der Waals surface area contributed by atoms with Gasteiger partial charge in [-0.15, -0.1) is 0 Å². The number of nitrogens with one attached hydrogen (secondary N) is 2. The third-order valence-corrected chi connectivity index (χ3v) is 7.30. The van der Waals surface area contributed by atoms with E-state index >= 15 is 0 Å². The average molecular weight is 478 g/mol. The summed E-state index contributed by atoms with van der Waals surface area (Å²) in [6.45, 7) is 10.1. The fourth-order valence-corrected chi connectivity index (χ4v) is 5.42. The summed E-state index contributed by atoms with van der Waals surface area (Å²) in [6.07, 6.45) is 5.86. The molecule has 2 aliphatic heterocycles. The molecule has 0 bridgehead atoms. The number of pyridine rings is 1. The first-order chi connectivity index (χ1) is 17.1. The SMILES string of the molecule is CCNc1c(-c2ccc(C(=O)N3CCC(N4CCOCC4)CC3)cc2OC)cnc2[nH]cc(C)c12. The molecule has 0 unspecified atom stereocenters. The maximum atomic E-state index is 13.4. The third-order valence-electron chi connectivity index (χ3n) is 7.30. The molecule has 0 atom stereocenters. The Bertz CT molecular complexity index is 1190. The molecule has 0 aliphatic carbocycles. The Morgan fingerprint density at radius 2 is 1.97 bits per heavy atom. The number of likely N-dealkylation sites (tertiary alicyclic amines) is 1. The van der Waals surface area contributed by atoms with Crippen molar-refractivity contribution in [3.63, 3.8) is 0 Å². The lowest BCUT2D eigenvalue weighted by Crippen LogP contribution is -2.50. The summed E-state index contributed by atoms with van der Waals surface area (Å²) in [6, 6.07) is 6.31. The Balaban J connectivity index is 1.38. The van der Waals surface area contributed by atoms with E-state index in [9.17, 15) is 4.79 Å². The average Bonchev–Trinajstić information content (AvgIpc) is 3.30. The Morgan fingerprint density at radius 3 is 2.69 bits per heavy atom. The second kappa shape index (κ2) is 10.3. The van der Waals surface area contributed by atoms with Gasteiger partial charge in [0.25, 0.3) is 5.91 Å². The fraction of sp³-hybridized carbons (Fsp3) is 0.481. The Kier molecular flexibility index (Phi) is 6.92. The molecule has 2 fully saturated rings. The molecule has 35 heavy (non-hydrogen) atoms. The number of benzene rings is 1. The summed E-state index contributed by atoms with van der Waals surface area (Å²) >= 11 is 0. The molecule has 2 saturated heterocycles. The van der Waals surface area contributed by atoms with E-state index in [1.54, 1.807) is 7.11 Å². The lowest BCUT2D eigenvalue weighted by atomic mass is 9.98. The van der Waals surface area contributed by atoms with Crippen LogP contribution < -0.4 is 10.1 Å². The number of hydrogen-bond acceptors (Lipinski definition) is 6. The molecule has 2 N–H and O–H groups in total. The maximum absolute atomic E-state index is 13.4. The molecule has 0 saturated carbocycles. The molecule has 186 valence electrons. The Morgan fingerprint density at radius 1 is 1.20 bits per heavy atom. The van der Waals surface area contributed by atoms with Crippen LogP contribution in [-0.4, -0.2) is 84.8 Å². The van der Waals surface area contributed by atoms with E-state index in [4.69, 9.17) is 9.47 Å². The second-order valence-electron chi connectivity index (χ2n) is 9.36. The predicted molar refractivity (Wildman–Crippen MR) is 138 cm³/mol. The number of aromatic amines is 1. The highest BCUT2D eigenvalue weighted by atomic mass is 16.5. The molecule has 8 nitrogen and oxygen atoms in total. The van der Waals surface area contributed by atoms with Crippen LogP contribution in [-0.2, 0) is 4.74 Å². The van der Waals surface area contributed by atoms with Gasteiger partial charge in [0.1, 0.15) is 11.4 Å². The number of H-pyrrole nitrogens is 1. The van der Waals surface area contributed by atoms with Crippen molar-refractivity contribution in [2.75, 3.05) is 58.4 Å². The normalized spacial score (nSPS) is 17.6. The number of fused-ring (bicyclic) bond motifs is 1. The lowest BCUT2D eigenvalue weighted by molar-refractivity contribution is 0.00159. The van der Waals surface area contributed by atoms with Crippen molar-refractivity contribution in [2.45, 2.75) is 32.7 Å². The number of hydrogen-bond donors (Lipinski definition) is 2. The number of methoxy groups -OCH3 is 1. The quantitative estimate of drug-likeness (QED) is 0.560.